The summed E-state index contributed by atoms with van der Waals surface area (Å²) < 4.78 is 0. The topological polar surface area (TPSA) is 48.4 Å². The molecule has 0 aliphatic heterocycles. The lowest BCUT2D eigenvalue weighted by Crippen LogP contribution is -2.14. The Morgan fingerprint density at radius 2 is 2.05 bits per heavy atom. The Hall–Kier alpha value is -2.23. The predicted octanol–water partition coefficient (Wildman–Crippen LogP) is 3.03. The number of pyridine rings is 1. The van der Waals surface area contributed by atoms with E-state index in [4.69, 9.17) is 0 Å². The monoisotopic (exact) mass is 257 g/mol. The summed E-state index contributed by atoms with van der Waals surface area (Å²) in [5.74, 6) is 0.283. The molecule has 1 heterocycles. The fraction of sp³-hybridized carbons (Fsp3) is 0.267. The van der Waals surface area contributed by atoms with E-state index in [1.807, 2.05) is 43.4 Å². The number of hydrogen-bond acceptors (Lipinski definition) is 4. The molecule has 1 aromatic heterocycles. The smallest absolute Gasteiger partial charge is 0.115 e. The highest BCUT2D eigenvalue weighted by Gasteiger charge is 2.10. The lowest BCUT2D eigenvalue weighted by Gasteiger charge is -2.21. The van der Waals surface area contributed by atoms with Crippen molar-refractivity contribution in [3.8, 4) is 5.75 Å². The zero-order valence-electron chi connectivity index (χ0n) is 11.5. The molecule has 2 aromatic rings. The second-order valence-electron chi connectivity index (χ2n) is 4.75. The molecule has 100 valence electrons. The number of hydrogen-bond donors (Lipinski definition) is 2. The van der Waals surface area contributed by atoms with Gasteiger partial charge in [0.25, 0.3) is 0 Å². The molecule has 1 unspecified atom stereocenters. The van der Waals surface area contributed by atoms with E-state index in [1.165, 1.54) is 0 Å². The van der Waals surface area contributed by atoms with Gasteiger partial charge in [-0.25, -0.2) is 0 Å². The molecule has 0 aliphatic carbocycles. The number of phenols is 1. The van der Waals surface area contributed by atoms with Gasteiger partial charge in [0.1, 0.15) is 5.75 Å². The summed E-state index contributed by atoms with van der Waals surface area (Å²) in [7, 11) is 4.00. The maximum absolute atomic E-state index is 9.52. The first-order valence-corrected chi connectivity index (χ1v) is 6.24. The van der Waals surface area contributed by atoms with Gasteiger partial charge in [0.2, 0.25) is 0 Å². The van der Waals surface area contributed by atoms with Crippen LogP contribution < -0.4 is 10.2 Å². The van der Waals surface area contributed by atoms with Crippen LogP contribution in [0, 0.1) is 0 Å². The van der Waals surface area contributed by atoms with E-state index in [9.17, 15) is 5.11 Å². The van der Waals surface area contributed by atoms with Gasteiger partial charge in [0, 0.05) is 26.3 Å². The lowest BCUT2D eigenvalue weighted by atomic mass is 10.1. The number of benzene rings is 1. The van der Waals surface area contributed by atoms with Crippen molar-refractivity contribution in [2.75, 3.05) is 24.3 Å². The van der Waals surface area contributed by atoms with Crippen LogP contribution in [0.1, 0.15) is 18.5 Å². The number of anilines is 2. The van der Waals surface area contributed by atoms with E-state index in [2.05, 4.69) is 17.2 Å². The molecule has 4 nitrogen and oxygen atoms in total. The summed E-state index contributed by atoms with van der Waals surface area (Å²) in [6, 6.07) is 9.34. The highest BCUT2D eigenvalue weighted by Crippen LogP contribution is 2.27. The van der Waals surface area contributed by atoms with Crippen molar-refractivity contribution in [2.45, 2.75) is 13.0 Å². The van der Waals surface area contributed by atoms with Gasteiger partial charge in [-0.1, -0.05) is 12.1 Å². The minimum Gasteiger partial charge on any atom is -0.508 e. The van der Waals surface area contributed by atoms with Crippen LogP contribution in [-0.4, -0.2) is 24.2 Å². The van der Waals surface area contributed by atoms with E-state index >= 15 is 0 Å². The molecular formula is C15H19N3O. The minimum absolute atomic E-state index is 0.0926. The molecule has 0 bridgehead atoms. The first-order chi connectivity index (χ1) is 9.08. The van der Waals surface area contributed by atoms with E-state index in [1.54, 1.807) is 18.3 Å². The number of rotatable bonds is 4. The highest BCUT2D eigenvalue weighted by atomic mass is 16.3. The first-order valence-electron chi connectivity index (χ1n) is 6.24. The van der Waals surface area contributed by atoms with E-state index in [-0.39, 0.29) is 11.8 Å². The maximum Gasteiger partial charge on any atom is 0.115 e. The summed E-state index contributed by atoms with van der Waals surface area (Å²) >= 11 is 0. The average Bonchev–Trinajstić information content (AvgIpc) is 2.39. The summed E-state index contributed by atoms with van der Waals surface area (Å²) in [6.07, 6.45) is 3.59. The minimum atomic E-state index is 0.0926. The van der Waals surface area contributed by atoms with Crippen LogP contribution >= 0.6 is 0 Å². The van der Waals surface area contributed by atoms with Crippen molar-refractivity contribution in [2.24, 2.45) is 0 Å². The van der Waals surface area contributed by atoms with Crippen molar-refractivity contribution < 1.29 is 5.11 Å². The molecule has 0 saturated heterocycles. The van der Waals surface area contributed by atoms with Gasteiger partial charge in [-0.2, -0.15) is 0 Å². The Morgan fingerprint density at radius 3 is 2.74 bits per heavy atom. The van der Waals surface area contributed by atoms with Crippen LogP contribution in [0.15, 0.2) is 42.7 Å². The molecule has 2 N–H and O–H groups in total. The standard InChI is InChI=1S/C15H19N3O/c1-11(12-5-4-6-13(19)9-12)17-14-10-16-8-7-15(14)18(2)3/h4-11,17,19H,1-3H3. The molecule has 0 radical (unpaired) electrons. The third-order valence-corrected chi connectivity index (χ3v) is 3.02. The van der Waals surface area contributed by atoms with Crippen LogP contribution in [0.2, 0.25) is 0 Å². The van der Waals surface area contributed by atoms with Crippen LogP contribution in [0.3, 0.4) is 0 Å². The second-order valence-corrected chi connectivity index (χ2v) is 4.75. The summed E-state index contributed by atoms with van der Waals surface area (Å²) in [5.41, 5.74) is 3.10. The Kier molecular flexibility index (Phi) is 3.90. The van der Waals surface area contributed by atoms with Gasteiger partial charge < -0.3 is 15.3 Å². The maximum atomic E-state index is 9.52. The van der Waals surface area contributed by atoms with E-state index < -0.39 is 0 Å². The van der Waals surface area contributed by atoms with E-state index in [0.29, 0.717) is 0 Å². The Balaban J connectivity index is 2.22. The van der Waals surface area contributed by atoms with Crippen molar-refractivity contribution in [3.05, 3.63) is 48.3 Å². The quantitative estimate of drug-likeness (QED) is 0.884. The fourth-order valence-electron chi connectivity index (χ4n) is 2.00. The molecule has 0 fully saturated rings. The van der Waals surface area contributed by atoms with Crippen LogP contribution in [0.25, 0.3) is 0 Å². The van der Waals surface area contributed by atoms with Gasteiger partial charge in [-0.3, -0.25) is 4.98 Å². The molecular weight excluding hydrogens is 238 g/mol. The Bertz CT molecular complexity index is 555. The fourth-order valence-corrected chi connectivity index (χ4v) is 2.00. The molecule has 4 heteroatoms. The van der Waals surface area contributed by atoms with Crippen molar-refractivity contribution in [3.63, 3.8) is 0 Å². The van der Waals surface area contributed by atoms with Crippen molar-refractivity contribution >= 4 is 11.4 Å². The zero-order valence-corrected chi connectivity index (χ0v) is 11.5. The first kappa shape index (κ1) is 13.2. The predicted molar refractivity (Wildman–Crippen MR) is 78.7 cm³/mol. The van der Waals surface area contributed by atoms with Crippen LogP contribution in [0.5, 0.6) is 5.75 Å². The van der Waals surface area contributed by atoms with E-state index in [0.717, 1.165) is 16.9 Å². The number of aromatic hydroxyl groups is 1. The van der Waals surface area contributed by atoms with Gasteiger partial charge in [-0.05, 0) is 30.7 Å². The third kappa shape index (κ3) is 3.16. The van der Waals surface area contributed by atoms with Gasteiger partial charge >= 0.3 is 0 Å². The molecule has 0 amide bonds. The molecule has 1 atom stereocenters. The van der Waals surface area contributed by atoms with Crippen molar-refractivity contribution in [1.29, 1.82) is 0 Å². The summed E-state index contributed by atoms with van der Waals surface area (Å²) in [5, 5.41) is 12.9. The normalized spacial score (nSPS) is 11.9. The Morgan fingerprint density at radius 1 is 1.26 bits per heavy atom. The number of aromatic nitrogens is 1. The third-order valence-electron chi connectivity index (χ3n) is 3.02. The number of nitrogens with one attached hydrogen (secondary N) is 1. The molecule has 0 aliphatic rings. The Labute approximate surface area is 113 Å². The van der Waals surface area contributed by atoms with Gasteiger partial charge in [-0.15, -0.1) is 0 Å². The molecule has 0 spiro atoms. The van der Waals surface area contributed by atoms with Gasteiger partial charge in [0.15, 0.2) is 0 Å². The average molecular weight is 257 g/mol. The largest absolute Gasteiger partial charge is 0.508 e. The number of nitrogens with zero attached hydrogens (tertiary/aromatic N) is 2. The molecule has 19 heavy (non-hydrogen) atoms. The summed E-state index contributed by atoms with van der Waals surface area (Å²) in [4.78, 5) is 6.19. The van der Waals surface area contributed by atoms with Crippen LogP contribution in [0.4, 0.5) is 11.4 Å². The highest BCUT2D eigenvalue weighted by molar-refractivity contribution is 5.68. The lowest BCUT2D eigenvalue weighted by molar-refractivity contribution is 0.474. The van der Waals surface area contributed by atoms with Crippen LogP contribution in [-0.2, 0) is 0 Å². The van der Waals surface area contributed by atoms with Crippen molar-refractivity contribution in [1.82, 2.24) is 4.98 Å². The second kappa shape index (κ2) is 5.61. The SMILES string of the molecule is CC(Nc1cnccc1N(C)C)c1cccc(O)c1. The molecule has 0 saturated carbocycles. The molecule has 1 aromatic carbocycles. The summed E-state index contributed by atoms with van der Waals surface area (Å²) in [6.45, 7) is 2.06. The van der Waals surface area contributed by atoms with Gasteiger partial charge in [0.05, 0.1) is 17.6 Å². The number of phenolic OH excluding ortho intramolecular Hbond substituents is 1. The molecule has 2 rings (SSSR count). The zero-order chi connectivity index (χ0) is 13.8.